The molecule has 6 nitrogen and oxygen atoms in total. The summed E-state index contributed by atoms with van der Waals surface area (Å²) in [6.45, 7) is 2.31. The highest BCUT2D eigenvalue weighted by Gasteiger charge is 2.10. The predicted molar refractivity (Wildman–Crippen MR) is 106 cm³/mol. The number of nitrogens with one attached hydrogen (secondary N) is 2. The molecule has 0 aliphatic rings. The van der Waals surface area contributed by atoms with Gasteiger partial charge in [-0.25, -0.2) is 0 Å². The Kier molecular flexibility index (Phi) is 5.88. The molecule has 2 heterocycles. The minimum Gasteiger partial charge on any atom is -0.495 e. The van der Waals surface area contributed by atoms with Crippen LogP contribution in [0, 0.1) is 6.92 Å². The van der Waals surface area contributed by atoms with Crippen molar-refractivity contribution in [1.82, 2.24) is 15.3 Å². The molecule has 27 heavy (non-hydrogen) atoms. The second-order valence-corrected chi connectivity index (χ2v) is 6.34. The van der Waals surface area contributed by atoms with Gasteiger partial charge in [0.1, 0.15) is 5.75 Å². The van der Waals surface area contributed by atoms with Crippen molar-refractivity contribution in [2.24, 2.45) is 0 Å². The first-order valence-corrected chi connectivity index (χ1v) is 8.68. The van der Waals surface area contributed by atoms with Crippen LogP contribution in [0.5, 0.6) is 5.75 Å². The quantitative estimate of drug-likeness (QED) is 0.670. The monoisotopic (exact) mass is 382 g/mol. The summed E-state index contributed by atoms with van der Waals surface area (Å²) in [5.41, 5.74) is 3.71. The summed E-state index contributed by atoms with van der Waals surface area (Å²) in [5.74, 6) is 0.395. The van der Waals surface area contributed by atoms with Crippen LogP contribution < -0.4 is 15.4 Å². The Morgan fingerprint density at radius 1 is 1.19 bits per heavy atom. The Hall–Kier alpha value is -3.12. The predicted octanol–water partition coefficient (Wildman–Crippen LogP) is 4.12. The van der Waals surface area contributed by atoms with Gasteiger partial charge in [-0.05, 0) is 36.2 Å². The zero-order valence-corrected chi connectivity index (χ0v) is 15.7. The number of hydrogen-bond donors (Lipinski definition) is 2. The lowest BCUT2D eigenvalue weighted by atomic mass is 10.2. The Morgan fingerprint density at radius 3 is 2.78 bits per heavy atom. The number of pyridine rings is 2. The van der Waals surface area contributed by atoms with Gasteiger partial charge in [0.05, 0.1) is 30.2 Å². The molecular weight excluding hydrogens is 364 g/mol. The standard InChI is InChI=1S/C20H19ClN4O2/c1-13-6-18(19(27-2)8-17(13)21)25-16-7-15(11-23-12-16)20(26)24-10-14-4-3-5-22-9-14/h3-9,11-12,25H,10H2,1-2H3,(H,24,26). The van der Waals surface area contributed by atoms with Crippen LogP contribution >= 0.6 is 11.6 Å². The molecule has 0 saturated heterocycles. The third-order valence-electron chi connectivity index (χ3n) is 3.94. The maximum absolute atomic E-state index is 12.4. The molecule has 7 heteroatoms. The Labute approximate surface area is 162 Å². The van der Waals surface area contributed by atoms with Crippen LogP contribution in [0.2, 0.25) is 5.02 Å². The number of halogens is 1. The fraction of sp³-hybridized carbons (Fsp3) is 0.150. The number of carbonyl (C=O) groups excluding carboxylic acids is 1. The van der Waals surface area contributed by atoms with Crippen LogP contribution in [0.1, 0.15) is 21.5 Å². The molecule has 0 spiro atoms. The van der Waals surface area contributed by atoms with Gasteiger partial charge in [0.15, 0.2) is 0 Å². The summed E-state index contributed by atoms with van der Waals surface area (Å²) in [6.07, 6.45) is 6.57. The normalized spacial score (nSPS) is 10.3. The van der Waals surface area contributed by atoms with Gasteiger partial charge < -0.3 is 15.4 Å². The maximum atomic E-state index is 12.4. The van der Waals surface area contributed by atoms with Crippen molar-refractivity contribution in [1.29, 1.82) is 0 Å². The molecule has 138 valence electrons. The molecule has 3 aromatic rings. The number of aromatic nitrogens is 2. The summed E-state index contributed by atoms with van der Waals surface area (Å²) in [5, 5.41) is 6.71. The van der Waals surface area contributed by atoms with Crippen LogP contribution in [0.15, 0.2) is 55.1 Å². The van der Waals surface area contributed by atoms with Crippen molar-refractivity contribution in [3.05, 3.63) is 76.8 Å². The Bertz CT molecular complexity index is 948. The van der Waals surface area contributed by atoms with E-state index in [2.05, 4.69) is 20.6 Å². The summed E-state index contributed by atoms with van der Waals surface area (Å²) in [4.78, 5) is 20.6. The van der Waals surface area contributed by atoms with E-state index in [0.717, 1.165) is 16.8 Å². The number of methoxy groups -OCH3 is 1. The molecule has 1 aromatic carbocycles. The molecule has 0 fully saturated rings. The molecule has 0 bridgehead atoms. The molecule has 2 aromatic heterocycles. The van der Waals surface area contributed by atoms with Crippen LogP contribution in [0.4, 0.5) is 11.4 Å². The average Bonchev–Trinajstić information content (AvgIpc) is 2.69. The fourth-order valence-corrected chi connectivity index (χ4v) is 2.66. The number of aryl methyl sites for hydroxylation is 1. The molecule has 2 N–H and O–H groups in total. The first-order valence-electron chi connectivity index (χ1n) is 8.30. The van der Waals surface area contributed by atoms with E-state index >= 15 is 0 Å². The van der Waals surface area contributed by atoms with Gasteiger partial charge >= 0.3 is 0 Å². The second kappa shape index (κ2) is 8.51. The third kappa shape index (κ3) is 4.74. The lowest BCUT2D eigenvalue weighted by molar-refractivity contribution is 0.0950. The third-order valence-corrected chi connectivity index (χ3v) is 4.34. The topological polar surface area (TPSA) is 76.1 Å². The van der Waals surface area contributed by atoms with E-state index in [0.29, 0.717) is 28.6 Å². The molecule has 0 aliphatic carbocycles. The average molecular weight is 383 g/mol. The first-order chi connectivity index (χ1) is 13.1. The number of anilines is 2. The zero-order chi connectivity index (χ0) is 19.2. The van der Waals surface area contributed by atoms with Gasteiger partial charge in [-0.2, -0.15) is 0 Å². The summed E-state index contributed by atoms with van der Waals surface area (Å²) < 4.78 is 5.37. The van der Waals surface area contributed by atoms with E-state index in [9.17, 15) is 4.79 Å². The summed E-state index contributed by atoms with van der Waals surface area (Å²) in [6, 6.07) is 9.09. The second-order valence-electron chi connectivity index (χ2n) is 5.93. The number of rotatable bonds is 6. The Balaban J connectivity index is 1.74. The first kappa shape index (κ1) is 18.7. The highest BCUT2D eigenvalue weighted by atomic mass is 35.5. The number of carbonyl (C=O) groups is 1. The van der Waals surface area contributed by atoms with Gasteiger partial charge in [-0.15, -0.1) is 0 Å². The van der Waals surface area contributed by atoms with E-state index in [1.54, 1.807) is 37.8 Å². The van der Waals surface area contributed by atoms with Crippen LogP contribution in [-0.2, 0) is 6.54 Å². The van der Waals surface area contributed by atoms with Crippen molar-refractivity contribution < 1.29 is 9.53 Å². The largest absolute Gasteiger partial charge is 0.495 e. The van der Waals surface area contributed by atoms with E-state index in [-0.39, 0.29) is 5.91 Å². The molecule has 0 saturated carbocycles. The summed E-state index contributed by atoms with van der Waals surface area (Å²) in [7, 11) is 1.58. The number of ether oxygens (including phenoxy) is 1. The van der Waals surface area contributed by atoms with Gasteiger partial charge in [0, 0.05) is 36.2 Å². The number of amides is 1. The summed E-state index contributed by atoms with van der Waals surface area (Å²) >= 11 is 6.14. The van der Waals surface area contributed by atoms with Crippen LogP contribution in [0.3, 0.4) is 0 Å². The van der Waals surface area contributed by atoms with E-state index in [1.807, 2.05) is 25.1 Å². The number of benzene rings is 1. The van der Waals surface area contributed by atoms with E-state index in [1.165, 1.54) is 6.20 Å². The highest BCUT2D eigenvalue weighted by molar-refractivity contribution is 6.31. The minimum absolute atomic E-state index is 0.214. The van der Waals surface area contributed by atoms with Gasteiger partial charge in [0.2, 0.25) is 0 Å². The zero-order valence-electron chi connectivity index (χ0n) is 15.0. The van der Waals surface area contributed by atoms with Gasteiger partial charge in [0.25, 0.3) is 5.91 Å². The minimum atomic E-state index is -0.214. The molecular formula is C20H19ClN4O2. The molecule has 0 atom stereocenters. The van der Waals surface area contributed by atoms with Gasteiger partial charge in [-0.3, -0.25) is 14.8 Å². The SMILES string of the molecule is COc1cc(Cl)c(C)cc1Nc1cncc(C(=O)NCc2cccnc2)c1. The lowest BCUT2D eigenvalue weighted by Gasteiger charge is -2.13. The number of nitrogens with zero attached hydrogens (tertiary/aromatic N) is 2. The van der Waals surface area contributed by atoms with Crippen LogP contribution in [0.25, 0.3) is 0 Å². The molecule has 3 rings (SSSR count). The van der Waals surface area contributed by atoms with Crippen molar-refractivity contribution in [3.63, 3.8) is 0 Å². The van der Waals surface area contributed by atoms with Crippen molar-refractivity contribution >= 4 is 28.9 Å². The van der Waals surface area contributed by atoms with Crippen molar-refractivity contribution in [2.45, 2.75) is 13.5 Å². The maximum Gasteiger partial charge on any atom is 0.253 e. The number of hydrogen-bond acceptors (Lipinski definition) is 5. The molecule has 1 amide bonds. The smallest absolute Gasteiger partial charge is 0.253 e. The van der Waals surface area contributed by atoms with E-state index in [4.69, 9.17) is 16.3 Å². The van der Waals surface area contributed by atoms with Gasteiger partial charge in [-0.1, -0.05) is 17.7 Å². The van der Waals surface area contributed by atoms with Crippen molar-refractivity contribution in [3.8, 4) is 5.75 Å². The van der Waals surface area contributed by atoms with Crippen LogP contribution in [-0.4, -0.2) is 23.0 Å². The fourth-order valence-electron chi connectivity index (χ4n) is 2.50. The Morgan fingerprint density at radius 2 is 2.04 bits per heavy atom. The van der Waals surface area contributed by atoms with E-state index < -0.39 is 0 Å². The molecule has 0 radical (unpaired) electrons. The molecule has 0 aliphatic heterocycles. The highest BCUT2D eigenvalue weighted by Crippen LogP contribution is 2.33. The lowest BCUT2D eigenvalue weighted by Crippen LogP contribution is -2.23. The van der Waals surface area contributed by atoms with Crippen molar-refractivity contribution in [2.75, 3.05) is 12.4 Å². The molecule has 0 unspecified atom stereocenters.